The first-order valence-corrected chi connectivity index (χ1v) is 9.70. The van der Waals surface area contributed by atoms with E-state index in [9.17, 15) is 9.59 Å². The molecule has 1 amide bonds. The molecule has 0 saturated carbocycles. The van der Waals surface area contributed by atoms with Crippen molar-refractivity contribution in [1.29, 1.82) is 0 Å². The third-order valence-corrected chi connectivity index (χ3v) is 5.69. The number of hydrogen-bond donors (Lipinski definition) is 1. The number of aromatic nitrogens is 1. The molecule has 1 aromatic heterocycles. The third-order valence-electron chi connectivity index (χ3n) is 4.90. The molecule has 1 N–H and O–H groups in total. The van der Waals surface area contributed by atoms with E-state index in [2.05, 4.69) is 22.0 Å². The number of nitrogens with one attached hydrogen (secondary N) is 1. The van der Waals surface area contributed by atoms with Gasteiger partial charge in [-0.15, -0.1) is 0 Å². The first-order valence-electron chi connectivity index (χ1n) is 8.89. The van der Waals surface area contributed by atoms with Gasteiger partial charge in [0.2, 0.25) is 5.12 Å². The van der Waals surface area contributed by atoms with Crippen molar-refractivity contribution >= 4 is 33.0 Å². The molecule has 4 rings (SSSR count). The summed E-state index contributed by atoms with van der Waals surface area (Å²) in [5.41, 5.74) is 3.22. The van der Waals surface area contributed by atoms with E-state index in [1.54, 1.807) is 14.2 Å². The fourth-order valence-corrected chi connectivity index (χ4v) is 4.19. The largest absolute Gasteiger partial charge is 0.493 e. The Bertz CT molecular complexity index is 1060. The second-order valence-corrected chi connectivity index (χ2v) is 7.57. The number of methoxy groups -OCH3 is 2. The minimum absolute atomic E-state index is 0.119. The Morgan fingerprint density at radius 1 is 1.07 bits per heavy atom. The first kappa shape index (κ1) is 18.4. The second-order valence-electron chi connectivity index (χ2n) is 6.59. The molecule has 28 heavy (non-hydrogen) atoms. The number of ether oxygens (including phenoxy) is 2. The van der Waals surface area contributed by atoms with E-state index < -0.39 is 6.04 Å². The fourth-order valence-electron chi connectivity index (χ4n) is 3.53. The van der Waals surface area contributed by atoms with Gasteiger partial charge in [-0.05, 0) is 35.4 Å². The molecule has 1 atom stereocenters. The van der Waals surface area contributed by atoms with Gasteiger partial charge in [0.15, 0.2) is 11.5 Å². The molecule has 1 fully saturated rings. The van der Waals surface area contributed by atoms with Crippen molar-refractivity contribution in [2.45, 2.75) is 19.0 Å². The molecule has 2 aromatic carbocycles. The van der Waals surface area contributed by atoms with Gasteiger partial charge in [0.05, 0.1) is 14.2 Å². The zero-order chi connectivity index (χ0) is 19.7. The van der Waals surface area contributed by atoms with E-state index in [0.717, 1.165) is 33.8 Å². The van der Waals surface area contributed by atoms with Gasteiger partial charge in [-0.3, -0.25) is 9.59 Å². The third kappa shape index (κ3) is 3.45. The fraction of sp³-hybridized carbons (Fsp3) is 0.238. The summed E-state index contributed by atoms with van der Waals surface area (Å²) in [7, 11) is 3.24. The number of carbonyl (C=O) groups excluding carboxylic acids is 2. The average Bonchev–Trinajstić information content (AvgIpc) is 3.25. The molecule has 0 aliphatic carbocycles. The van der Waals surface area contributed by atoms with E-state index >= 15 is 0 Å². The van der Waals surface area contributed by atoms with Crippen molar-refractivity contribution in [1.82, 2.24) is 9.88 Å². The van der Waals surface area contributed by atoms with E-state index in [1.807, 2.05) is 36.5 Å². The summed E-state index contributed by atoms with van der Waals surface area (Å²) in [6.45, 7) is 0.683. The van der Waals surface area contributed by atoms with Crippen LogP contribution < -0.4 is 14.8 Å². The van der Waals surface area contributed by atoms with Crippen LogP contribution in [-0.4, -0.2) is 35.2 Å². The maximum absolute atomic E-state index is 11.9. The highest BCUT2D eigenvalue weighted by atomic mass is 32.2. The Morgan fingerprint density at radius 3 is 2.61 bits per heavy atom. The van der Waals surface area contributed by atoms with Gasteiger partial charge in [0, 0.05) is 41.8 Å². The van der Waals surface area contributed by atoms with Gasteiger partial charge in [-0.2, -0.15) is 0 Å². The topological polar surface area (TPSA) is 69.6 Å². The van der Waals surface area contributed by atoms with Crippen LogP contribution >= 0.6 is 11.8 Å². The van der Waals surface area contributed by atoms with Crippen LogP contribution in [0.4, 0.5) is 4.79 Å². The molecule has 1 saturated heterocycles. The molecule has 7 heteroatoms. The Morgan fingerprint density at radius 2 is 1.89 bits per heavy atom. The van der Waals surface area contributed by atoms with Gasteiger partial charge in [0.25, 0.3) is 5.24 Å². The number of amides is 1. The molecule has 2 heterocycles. The molecular formula is C21H20N2O4S. The Hall–Kier alpha value is -2.93. The summed E-state index contributed by atoms with van der Waals surface area (Å²) in [6.07, 6.45) is 2.53. The van der Waals surface area contributed by atoms with E-state index in [1.165, 1.54) is 0 Å². The Balaban J connectivity index is 1.61. The van der Waals surface area contributed by atoms with Gasteiger partial charge < -0.3 is 19.4 Å². The summed E-state index contributed by atoms with van der Waals surface area (Å²) in [5, 5.41) is 3.43. The van der Waals surface area contributed by atoms with Gasteiger partial charge in [-0.25, -0.2) is 0 Å². The lowest BCUT2D eigenvalue weighted by molar-refractivity contribution is -0.112. The standard InChI is InChI=1S/C21H20N2O4S/c1-26-18-7-6-13(10-19(18)27-2)12-23-9-8-15-14(4-3-5-17(15)23)11-16-20(24)28-21(25)22-16/h3-10,16H,11-12H2,1-2H3,(H,22,25). The quantitative estimate of drug-likeness (QED) is 0.689. The maximum atomic E-state index is 11.9. The highest BCUT2D eigenvalue weighted by Crippen LogP contribution is 2.29. The predicted octanol–water partition coefficient (Wildman–Crippen LogP) is 3.60. The number of rotatable bonds is 6. The van der Waals surface area contributed by atoms with Gasteiger partial charge in [-0.1, -0.05) is 18.2 Å². The van der Waals surface area contributed by atoms with Crippen molar-refractivity contribution in [3.63, 3.8) is 0 Å². The summed E-state index contributed by atoms with van der Waals surface area (Å²) in [4.78, 5) is 23.4. The van der Waals surface area contributed by atoms with Crippen LogP contribution in [0, 0.1) is 0 Å². The van der Waals surface area contributed by atoms with E-state index in [4.69, 9.17) is 9.47 Å². The summed E-state index contributed by atoms with van der Waals surface area (Å²) >= 11 is 0.750. The molecular weight excluding hydrogens is 376 g/mol. The Labute approximate surface area is 166 Å². The zero-order valence-corrected chi connectivity index (χ0v) is 16.4. The van der Waals surface area contributed by atoms with Crippen molar-refractivity contribution in [3.05, 3.63) is 59.8 Å². The number of hydrogen-bond acceptors (Lipinski definition) is 5. The molecule has 1 aliphatic rings. The van der Waals surface area contributed by atoms with Gasteiger partial charge in [0.1, 0.15) is 6.04 Å². The molecule has 0 spiro atoms. The first-order chi connectivity index (χ1) is 13.6. The smallest absolute Gasteiger partial charge is 0.287 e. The van der Waals surface area contributed by atoms with Crippen LogP contribution in [0.15, 0.2) is 48.7 Å². The van der Waals surface area contributed by atoms with E-state index in [0.29, 0.717) is 24.5 Å². The van der Waals surface area contributed by atoms with Gasteiger partial charge >= 0.3 is 0 Å². The van der Waals surface area contributed by atoms with Crippen molar-refractivity contribution in [2.75, 3.05) is 14.2 Å². The number of benzene rings is 2. The van der Waals surface area contributed by atoms with Crippen LogP contribution in [0.5, 0.6) is 11.5 Å². The lowest BCUT2D eigenvalue weighted by Crippen LogP contribution is -2.30. The minimum atomic E-state index is -0.461. The Kier molecular flexibility index (Phi) is 5.00. The van der Waals surface area contributed by atoms with Crippen LogP contribution in [0.3, 0.4) is 0 Å². The summed E-state index contributed by atoms with van der Waals surface area (Å²) in [6, 6.07) is 13.5. The number of nitrogens with zero attached hydrogens (tertiary/aromatic N) is 1. The highest BCUT2D eigenvalue weighted by Gasteiger charge is 2.31. The van der Waals surface area contributed by atoms with Crippen LogP contribution in [0.1, 0.15) is 11.1 Å². The van der Waals surface area contributed by atoms with Crippen LogP contribution in [0.2, 0.25) is 0 Å². The monoisotopic (exact) mass is 396 g/mol. The normalized spacial score (nSPS) is 16.4. The second kappa shape index (κ2) is 7.59. The number of carbonyl (C=O) groups is 2. The average molecular weight is 396 g/mol. The van der Waals surface area contributed by atoms with Crippen molar-refractivity contribution in [3.8, 4) is 11.5 Å². The number of thioether (sulfide) groups is 1. The molecule has 3 aromatic rings. The van der Waals surface area contributed by atoms with Crippen molar-refractivity contribution in [2.24, 2.45) is 0 Å². The molecule has 1 unspecified atom stereocenters. The molecule has 144 valence electrons. The highest BCUT2D eigenvalue weighted by molar-refractivity contribution is 8.26. The summed E-state index contributed by atoms with van der Waals surface area (Å²) < 4.78 is 12.9. The molecule has 0 radical (unpaired) electrons. The van der Waals surface area contributed by atoms with E-state index in [-0.39, 0.29) is 10.4 Å². The van der Waals surface area contributed by atoms with Crippen LogP contribution in [-0.2, 0) is 17.8 Å². The summed E-state index contributed by atoms with van der Waals surface area (Å²) in [5.74, 6) is 1.40. The lowest BCUT2D eigenvalue weighted by Gasteiger charge is -2.12. The lowest BCUT2D eigenvalue weighted by atomic mass is 10.0. The molecule has 0 bridgehead atoms. The SMILES string of the molecule is COc1ccc(Cn2ccc3c(CC4NC(=O)SC4=O)cccc32)cc1OC. The molecule has 6 nitrogen and oxygen atoms in total. The maximum Gasteiger partial charge on any atom is 0.287 e. The van der Waals surface area contributed by atoms with Crippen LogP contribution in [0.25, 0.3) is 10.9 Å². The molecule has 1 aliphatic heterocycles. The minimum Gasteiger partial charge on any atom is -0.493 e. The number of fused-ring (bicyclic) bond motifs is 1. The van der Waals surface area contributed by atoms with Crippen molar-refractivity contribution < 1.29 is 19.1 Å². The zero-order valence-electron chi connectivity index (χ0n) is 15.6. The predicted molar refractivity (Wildman–Crippen MR) is 109 cm³/mol.